The second-order valence-electron chi connectivity index (χ2n) is 4.44. The number of aromatic nitrogens is 1. The van der Waals surface area contributed by atoms with Crippen LogP contribution >= 0.6 is 11.6 Å². The summed E-state index contributed by atoms with van der Waals surface area (Å²) in [5, 5.41) is 0.644. The van der Waals surface area contributed by atoms with E-state index in [0.717, 1.165) is 19.5 Å². The van der Waals surface area contributed by atoms with Gasteiger partial charge >= 0.3 is 0 Å². The summed E-state index contributed by atoms with van der Waals surface area (Å²) in [6.07, 6.45) is 4.16. The molecule has 2 atom stereocenters. The third kappa shape index (κ3) is 3.11. The Morgan fingerprint density at radius 1 is 1.47 bits per heavy atom. The molecule has 0 bridgehead atoms. The summed E-state index contributed by atoms with van der Waals surface area (Å²) < 4.78 is 5.88. The van der Waals surface area contributed by atoms with Gasteiger partial charge in [0.05, 0.1) is 5.02 Å². The van der Waals surface area contributed by atoms with E-state index in [0.29, 0.717) is 16.9 Å². The van der Waals surface area contributed by atoms with Crippen molar-refractivity contribution in [3.8, 4) is 5.88 Å². The monoisotopic (exact) mass is 254 g/mol. The van der Waals surface area contributed by atoms with Gasteiger partial charge in [0.25, 0.3) is 0 Å². The van der Waals surface area contributed by atoms with Crippen LogP contribution in [-0.2, 0) is 0 Å². The lowest BCUT2D eigenvalue weighted by Crippen LogP contribution is -2.29. The van der Waals surface area contributed by atoms with Crippen molar-refractivity contribution in [2.75, 3.05) is 13.1 Å². The summed E-state index contributed by atoms with van der Waals surface area (Å²) in [4.78, 5) is 6.64. The Bertz CT molecular complexity index is 343. The van der Waals surface area contributed by atoms with Crippen molar-refractivity contribution in [3.63, 3.8) is 0 Å². The Kier molecular flexibility index (Phi) is 4.24. The fourth-order valence-corrected chi connectivity index (χ4v) is 2.55. The summed E-state index contributed by atoms with van der Waals surface area (Å²) >= 11 is 5.79. The number of hydrogen-bond donors (Lipinski definition) is 0. The molecule has 4 heteroatoms. The number of rotatable bonds is 4. The Hall–Kier alpha value is -0.800. The number of likely N-dealkylation sites (N-methyl/N-ethyl adjacent to an activating group) is 1. The third-order valence-corrected chi connectivity index (χ3v) is 3.58. The molecule has 2 rings (SSSR count). The summed E-state index contributed by atoms with van der Waals surface area (Å²) in [5.74, 6) is 0.673. The zero-order valence-corrected chi connectivity index (χ0v) is 11.2. The van der Waals surface area contributed by atoms with Crippen molar-refractivity contribution in [1.29, 1.82) is 0 Å². The minimum absolute atomic E-state index is 0.258. The average Bonchev–Trinajstić information content (AvgIpc) is 2.74. The standard InChI is InChI=1S/C13H19ClN2O/c1-3-11-7-12(9-16(11)4-2)17-13-6-5-10(14)8-15-13/h5-6,8,11-12H,3-4,7,9H2,1-2H3/t11-,12-/m1/s1. The van der Waals surface area contributed by atoms with E-state index in [9.17, 15) is 0 Å². The molecule has 0 radical (unpaired) electrons. The maximum atomic E-state index is 5.88. The molecule has 1 fully saturated rings. The molecule has 0 N–H and O–H groups in total. The van der Waals surface area contributed by atoms with Crippen LogP contribution < -0.4 is 4.74 Å². The van der Waals surface area contributed by atoms with Crippen LogP contribution in [0.15, 0.2) is 18.3 Å². The van der Waals surface area contributed by atoms with Gasteiger partial charge in [-0.05, 0) is 19.0 Å². The van der Waals surface area contributed by atoms with Gasteiger partial charge in [-0.1, -0.05) is 25.4 Å². The van der Waals surface area contributed by atoms with Crippen LogP contribution in [0.5, 0.6) is 5.88 Å². The van der Waals surface area contributed by atoms with Crippen molar-refractivity contribution in [2.24, 2.45) is 0 Å². The summed E-state index contributed by atoms with van der Waals surface area (Å²) in [6, 6.07) is 4.29. The van der Waals surface area contributed by atoms with Crippen molar-refractivity contribution in [1.82, 2.24) is 9.88 Å². The number of ether oxygens (including phenoxy) is 1. The molecule has 1 aliphatic heterocycles. The molecular weight excluding hydrogens is 236 g/mol. The molecule has 17 heavy (non-hydrogen) atoms. The second kappa shape index (κ2) is 5.69. The van der Waals surface area contributed by atoms with Crippen LogP contribution in [0.25, 0.3) is 0 Å². The van der Waals surface area contributed by atoms with Crippen LogP contribution in [0.3, 0.4) is 0 Å². The lowest BCUT2D eigenvalue weighted by molar-refractivity contribution is 0.193. The second-order valence-corrected chi connectivity index (χ2v) is 4.88. The van der Waals surface area contributed by atoms with E-state index < -0.39 is 0 Å². The van der Waals surface area contributed by atoms with Crippen LogP contribution in [0.1, 0.15) is 26.7 Å². The molecule has 1 aromatic heterocycles. The van der Waals surface area contributed by atoms with Gasteiger partial charge in [0.1, 0.15) is 6.10 Å². The van der Waals surface area contributed by atoms with Gasteiger partial charge in [0.2, 0.25) is 5.88 Å². The van der Waals surface area contributed by atoms with E-state index in [2.05, 4.69) is 23.7 Å². The Morgan fingerprint density at radius 2 is 2.29 bits per heavy atom. The number of pyridine rings is 1. The van der Waals surface area contributed by atoms with E-state index in [1.54, 1.807) is 6.20 Å². The molecule has 1 saturated heterocycles. The third-order valence-electron chi connectivity index (χ3n) is 3.35. The molecule has 0 unspecified atom stereocenters. The minimum atomic E-state index is 0.258. The van der Waals surface area contributed by atoms with E-state index >= 15 is 0 Å². The first-order valence-corrected chi connectivity index (χ1v) is 6.63. The van der Waals surface area contributed by atoms with Crippen LogP contribution in [0, 0.1) is 0 Å². The van der Waals surface area contributed by atoms with E-state index in [1.165, 1.54) is 6.42 Å². The van der Waals surface area contributed by atoms with Gasteiger partial charge in [-0.25, -0.2) is 4.98 Å². The lowest BCUT2D eigenvalue weighted by atomic mass is 10.1. The number of hydrogen-bond acceptors (Lipinski definition) is 3. The SMILES string of the molecule is CC[C@@H]1C[C@@H](Oc2ccc(Cl)cn2)CN1CC. The minimum Gasteiger partial charge on any atom is -0.473 e. The van der Waals surface area contributed by atoms with Gasteiger partial charge in [0, 0.05) is 31.3 Å². The summed E-state index contributed by atoms with van der Waals surface area (Å²) in [5.41, 5.74) is 0. The zero-order valence-electron chi connectivity index (χ0n) is 10.4. The fourth-order valence-electron chi connectivity index (χ4n) is 2.44. The number of halogens is 1. The normalized spacial score (nSPS) is 25.1. The van der Waals surface area contributed by atoms with Gasteiger partial charge < -0.3 is 4.74 Å². The summed E-state index contributed by atoms with van der Waals surface area (Å²) in [7, 11) is 0. The smallest absolute Gasteiger partial charge is 0.213 e. The van der Waals surface area contributed by atoms with Gasteiger partial charge in [0.15, 0.2) is 0 Å². The Balaban J connectivity index is 1.94. The van der Waals surface area contributed by atoms with E-state index in [1.807, 2.05) is 12.1 Å². The molecule has 94 valence electrons. The first kappa shape index (κ1) is 12.7. The van der Waals surface area contributed by atoms with E-state index in [4.69, 9.17) is 16.3 Å². The van der Waals surface area contributed by atoms with Gasteiger partial charge in [-0.3, -0.25) is 4.90 Å². The van der Waals surface area contributed by atoms with Crippen molar-refractivity contribution in [3.05, 3.63) is 23.4 Å². The van der Waals surface area contributed by atoms with Crippen molar-refractivity contribution in [2.45, 2.75) is 38.8 Å². The lowest BCUT2D eigenvalue weighted by Gasteiger charge is -2.19. The number of nitrogens with zero attached hydrogens (tertiary/aromatic N) is 2. The molecule has 3 nitrogen and oxygen atoms in total. The van der Waals surface area contributed by atoms with Crippen molar-refractivity contribution >= 4 is 11.6 Å². The highest BCUT2D eigenvalue weighted by Crippen LogP contribution is 2.24. The number of likely N-dealkylation sites (tertiary alicyclic amines) is 1. The quantitative estimate of drug-likeness (QED) is 0.826. The molecular formula is C13H19ClN2O. The zero-order chi connectivity index (χ0) is 12.3. The first-order valence-electron chi connectivity index (χ1n) is 6.25. The van der Waals surface area contributed by atoms with Crippen LogP contribution in [-0.4, -0.2) is 35.1 Å². The molecule has 0 spiro atoms. The van der Waals surface area contributed by atoms with Crippen LogP contribution in [0.4, 0.5) is 0 Å². The highest BCUT2D eigenvalue weighted by molar-refractivity contribution is 6.30. The topological polar surface area (TPSA) is 25.4 Å². The van der Waals surface area contributed by atoms with E-state index in [-0.39, 0.29) is 6.10 Å². The molecule has 0 aliphatic carbocycles. The molecule has 2 heterocycles. The maximum Gasteiger partial charge on any atom is 0.213 e. The first-order chi connectivity index (χ1) is 8.22. The molecule has 0 amide bonds. The van der Waals surface area contributed by atoms with Gasteiger partial charge in [-0.15, -0.1) is 0 Å². The Morgan fingerprint density at radius 3 is 2.82 bits per heavy atom. The highest BCUT2D eigenvalue weighted by atomic mass is 35.5. The predicted molar refractivity (Wildman–Crippen MR) is 69.6 cm³/mol. The molecule has 1 aromatic rings. The average molecular weight is 255 g/mol. The predicted octanol–water partition coefficient (Wildman–Crippen LogP) is 2.99. The fraction of sp³-hybridized carbons (Fsp3) is 0.615. The highest BCUT2D eigenvalue weighted by Gasteiger charge is 2.31. The van der Waals surface area contributed by atoms with Gasteiger partial charge in [-0.2, -0.15) is 0 Å². The summed E-state index contributed by atoms with van der Waals surface area (Å²) in [6.45, 7) is 6.52. The largest absolute Gasteiger partial charge is 0.473 e. The van der Waals surface area contributed by atoms with Crippen LogP contribution in [0.2, 0.25) is 5.02 Å². The molecule has 0 aromatic carbocycles. The van der Waals surface area contributed by atoms with Crippen molar-refractivity contribution < 1.29 is 4.74 Å². The molecule has 1 aliphatic rings. The Labute approximate surface area is 108 Å². The maximum absolute atomic E-state index is 5.88. The molecule has 0 saturated carbocycles.